The molecule has 4 rings (SSSR count). The van der Waals surface area contributed by atoms with Crippen molar-refractivity contribution in [2.45, 2.75) is 46.2 Å². The van der Waals surface area contributed by atoms with Gasteiger partial charge in [-0.3, -0.25) is 9.48 Å². The molecule has 1 amide bonds. The van der Waals surface area contributed by atoms with Crippen LogP contribution in [-0.4, -0.2) is 49.9 Å². The van der Waals surface area contributed by atoms with Crippen molar-refractivity contribution in [3.63, 3.8) is 0 Å². The number of aryl methyl sites for hydroxylation is 2. The van der Waals surface area contributed by atoms with Crippen LogP contribution in [0.25, 0.3) is 22.2 Å². The lowest BCUT2D eigenvalue weighted by molar-refractivity contribution is 0.0749. The average Bonchev–Trinajstić information content (AvgIpc) is 3.33. The number of aliphatic hydroxyl groups is 1. The minimum atomic E-state index is 0.0289. The molecule has 0 saturated carbocycles. The molecule has 3 heterocycles. The Labute approximate surface area is 164 Å². The second-order valence-corrected chi connectivity index (χ2v) is 7.66. The molecule has 1 aliphatic rings. The van der Waals surface area contributed by atoms with Crippen LogP contribution in [0.5, 0.6) is 0 Å². The first kappa shape index (κ1) is 18.6. The number of hydrogen-bond donors (Lipinski definition) is 1. The zero-order chi connectivity index (χ0) is 19.8. The van der Waals surface area contributed by atoms with Crippen molar-refractivity contribution in [3.05, 3.63) is 47.3 Å². The highest BCUT2D eigenvalue weighted by atomic mass is 16.3. The number of aliphatic hydroxyl groups excluding tert-OH is 1. The van der Waals surface area contributed by atoms with Crippen LogP contribution >= 0.6 is 0 Å². The average molecular weight is 378 g/mol. The number of amides is 1. The summed E-state index contributed by atoms with van der Waals surface area (Å²) >= 11 is 0. The zero-order valence-corrected chi connectivity index (χ0v) is 16.6. The third kappa shape index (κ3) is 3.18. The number of fused-ring (bicyclic) bond motifs is 1. The van der Waals surface area contributed by atoms with E-state index in [0.29, 0.717) is 12.1 Å². The summed E-state index contributed by atoms with van der Waals surface area (Å²) in [5, 5.41) is 14.3. The van der Waals surface area contributed by atoms with Gasteiger partial charge in [0.15, 0.2) is 0 Å². The largest absolute Gasteiger partial charge is 0.394 e. The third-order valence-electron chi connectivity index (χ3n) is 5.81. The number of aromatic nitrogens is 3. The van der Waals surface area contributed by atoms with E-state index in [2.05, 4.69) is 31.9 Å². The van der Waals surface area contributed by atoms with Gasteiger partial charge in [-0.15, -0.1) is 0 Å². The van der Waals surface area contributed by atoms with Crippen molar-refractivity contribution < 1.29 is 9.90 Å². The van der Waals surface area contributed by atoms with Crippen molar-refractivity contribution >= 4 is 16.8 Å². The maximum Gasteiger partial charge on any atom is 0.254 e. The highest BCUT2D eigenvalue weighted by Gasteiger charge is 2.28. The molecule has 1 aliphatic heterocycles. The van der Waals surface area contributed by atoms with E-state index in [-0.39, 0.29) is 18.6 Å². The van der Waals surface area contributed by atoms with Crippen LogP contribution in [0.15, 0.2) is 30.6 Å². The van der Waals surface area contributed by atoms with E-state index < -0.39 is 0 Å². The van der Waals surface area contributed by atoms with Gasteiger partial charge in [0.05, 0.1) is 36.1 Å². The first-order valence-electron chi connectivity index (χ1n) is 9.85. The monoisotopic (exact) mass is 378 g/mol. The Morgan fingerprint density at radius 1 is 1.32 bits per heavy atom. The molecule has 1 atom stereocenters. The standard InChI is InChI=1S/C22H26N4O2/c1-14-6-7-18-19(22(28)26-8-4-5-15(26)2)11-20(24-21(18)16(14)3)17-12-23-25(13-17)9-10-27/h6-7,11-13,15,27H,4-5,8-10H2,1-3H3. The minimum absolute atomic E-state index is 0.0289. The Hall–Kier alpha value is -2.73. The van der Waals surface area contributed by atoms with Gasteiger partial charge >= 0.3 is 0 Å². The fourth-order valence-electron chi connectivity index (χ4n) is 3.96. The molecule has 1 aromatic carbocycles. The van der Waals surface area contributed by atoms with Crippen LogP contribution in [-0.2, 0) is 6.54 Å². The van der Waals surface area contributed by atoms with Crippen LogP contribution in [0.1, 0.15) is 41.3 Å². The minimum Gasteiger partial charge on any atom is -0.394 e. The van der Waals surface area contributed by atoms with Gasteiger partial charge in [0.1, 0.15) is 0 Å². The molecule has 1 fully saturated rings. The smallest absolute Gasteiger partial charge is 0.254 e. The van der Waals surface area contributed by atoms with E-state index in [0.717, 1.165) is 52.7 Å². The third-order valence-corrected chi connectivity index (χ3v) is 5.81. The van der Waals surface area contributed by atoms with Crippen LogP contribution in [0, 0.1) is 13.8 Å². The molecule has 0 bridgehead atoms. The maximum absolute atomic E-state index is 13.4. The van der Waals surface area contributed by atoms with E-state index in [1.165, 1.54) is 0 Å². The first-order chi connectivity index (χ1) is 13.5. The molecule has 1 unspecified atom stereocenters. The Morgan fingerprint density at radius 2 is 2.14 bits per heavy atom. The normalized spacial score (nSPS) is 16.9. The number of likely N-dealkylation sites (tertiary alicyclic amines) is 1. The molecular formula is C22H26N4O2. The van der Waals surface area contributed by atoms with Crippen LogP contribution in [0.3, 0.4) is 0 Å². The lowest BCUT2D eigenvalue weighted by Crippen LogP contribution is -2.33. The molecule has 6 heteroatoms. The van der Waals surface area contributed by atoms with Crippen molar-refractivity contribution in [2.24, 2.45) is 0 Å². The van der Waals surface area contributed by atoms with Crippen molar-refractivity contribution in [2.75, 3.05) is 13.2 Å². The Kier molecular flexibility index (Phi) is 4.89. The number of nitrogens with zero attached hydrogens (tertiary/aromatic N) is 4. The highest BCUT2D eigenvalue weighted by Crippen LogP contribution is 2.30. The highest BCUT2D eigenvalue weighted by molar-refractivity contribution is 6.08. The molecule has 6 nitrogen and oxygen atoms in total. The quantitative estimate of drug-likeness (QED) is 0.756. The fourth-order valence-corrected chi connectivity index (χ4v) is 3.96. The number of carbonyl (C=O) groups is 1. The summed E-state index contributed by atoms with van der Waals surface area (Å²) in [6, 6.07) is 6.23. The molecule has 3 aromatic rings. The predicted molar refractivity (Wildman–Crippen MR) is 109 cm³/mol. The summed E-state index contributed by atoms with van der Waals surface area (Å²) in [5.74, 6) is 0.0738. The van der Waals surface area contributed by atoms with Crippen molar-refractivity contribution in [1.82, 2.24) is 19.7 Å². The van der Waals surface area contributed by atoms with Gasteiger partial charge in [-0.25, -0.2) is 4.98 Å². The summed E-state index contributed by atoms with van der Waals surface area (Å²) in [7, 11) is 0. The van der Waals surface area contributed by atoms with Crippen molar-refractivity contribution in [1.29, 1.82) is 0 Å². The lowest BCUT2D eigenvalue weighted by Gasteiger charge is -2.23. The van der Waals surface area contributed by atoms with Crippen LogP contribution in [0.4, 0.5) is 0 Å². The molecule has 146 valence electrons. The number of hydrogen-bond acceptors (Lipinski definition) is 4. The van der Waals surface area contributed by atoms with Gasteiger partial charge in [0.25, 0.3) is 5.91 Å². The van der Waals surface area contributed by atoms with Gasteiger partial charge in [-0.05, 0) is 50.8 Å². The van der Waals surface area contributed by atoms with Crippen LogP contribution in [0.2, 0.25) is 0 Å². The van der Waals surface area contributed by atoms with Gasteiger partial charge < -0.3 is 10.0 Å². The number of pyridine rings is 1. The van der Waals surface area contributed by atoms with E-state index in [4.69, 9.17) is 10.1 Å². The molecule has 28 heavy (non-hydrogen) atoms. The second kappa shape index (κ2) is 7.36. The summed E-state index contributed by atoms with van der Waals surface area (Å²) in [6.07, 6.45) is 5.70. The fraction of sp³-hybridized carbons (Fsp3) is 0.409. The van der Waals surface area contributed by atoms with Gasteiger partial charge in [0.2, 0.25) is 0 Å². The number of carbonyl (C=O) groups excluding carboxylic acids is 1. The lowest BCUT2D eigenvalue weighted by atomic mass is 9.99. The molecule has 1 N–H and O–H groups in total. The first-order valence-corrected chi connectivity index (χ1v) is 9.85. The SMILES string of the molecule is Cc1ccc2c(C(=O)N3CCCC3C)cc(-c3cnn(CCO)c3)nc2c1C. The topological polar surface area (TPSA) is 71.2 Å². The molecular weight excluding hydrogens is 352 g/mol. The molecule has 0 aliphatic carbocycles. The predicted octanol–water partition coefficient (Wildman–Crippen LogP) is 3.33. The Morgan fingerprint density at radius 3 is 2.86 bits per heavy atom. The summed E-state index contributed by atoms with van der Waals surface area (Å²) < 4.78 is 1.69. The second-order valence-electron chi connectivity index (χ2n) is 7.66. The summed E-state index contributed by atoms with van der Waals surface area (Å²) in [5.41, 5.74) is 5.39. The number of benzene rings is 1. The van der Waals surface area contributed by atoms with Gasteiger partial charge in [-0.1, -0.05) is 12.1 Å². The molecule has 1 saturated heterocycles. The Bertz CT molecular complexity index is 1040. The number of rotatable bonds is 4. The molecule has 2 aromatic heterocycles. The van der Waals surface area contributed by atoms with Crippen LogP contribution < -0.4 is 0 Å². The zero-order valence-electron chi connectivity index (χ0n) is 16.6. The summed E-state index contributed by atoms with van der Waals surface area (Å²) in [4.78, 5) is 20.3. The van der Waals surface area contributed by atoms with Gasteiger partial charge in [-0.2, -0.15) is 5.10 Å². The molecule has 0 spiro atoms. The van der Waals surface area contributed by atoms with E-state index >= 15 is 0 Å². The molecule has 0 radical (unpaired) electrons. The van der Waals surface area contributed by atoms with Gasteiger partial charge in [0, 0.05) is 29.7 Å². The summed E-state index contributed by atoms with van der Waals surface area (Å²) in [6.45, 7) is 7.49. The van der Waals surface area contributed by atoms with E-state index in [1.807, 2.05) is 23.2 Å². The Balaban J connectivity index is 1.89. The van der Waals surface area contributed by atoms with Crippen molar-refractivity contribution in [3.8, 4) is 11.3 Å². The van der Waals surface area contributed by atoms with E-state index in [9.17, 15) is 4.79 Å². The van der Waals surface area contributed by atoms with E-state index in [1.54, 1.807) is 10.9 Å². The maximum atomic E-state index is 13.4.